The van der Waals surface area contributed by atoms with Gasteiger partial charge in [0.15, 0.2) is 0 Å². The van der Waals surface area contributed by atoms with Gasteiger partial charge in [-0.15, -0.1) is 0 Å². The molecule has 0 unspecified atom stereocenters. The van der Waals surface area contributed by atoms with Gasteiger partial charge in [0.05, 0.1) is 6.54 Å². The van der Waals surface area contributed by atoms with Crippen LogP contribution >= 0.6 is 0 Å². The van der Waals surface area contributed by atoms with E-state index < -0.39 is 0 Å². The van der Waals surface area contributed by atoms with E-state index in [1.807, 2.05) is 6.08 Å². The smallest absolute Gasteiger partial charge is 0.315 e. The molecule has 1 rings (SSSR count). The Bertz CT molecular complexity index is 556. The summed E-state index contributed by atoms with van der Waals surface area (Å²) in [6.07, 6.45) is 12.7. The summed E-state index contributed by atoms with van der Waals surface area (Å²) in [5, 5.41) is 17.0. The molecule has 0 aliphatic carbocycles. The quantitative estimate of drug-likeness (QED) is 0.258. The van der Waals surface area contributed by atoms with Crippen LogP contribution in [-0.2, 0) is 4.79 Å². The molecule has 1 aromatic carbocycles. The Balaban J connectivity index is 2.03. The normalized spacial score (nSPS) is 10.7. The lowest BCUT2D eigenvalue weighted by Gasteiger charge is -2.07. The monoisotopic (exact) mass is 361 g/mol. The van der Waals surface area contributed by atoms with Crippen LogP contribution < -0.4 is 16.0 Å². The Morgan fingerprint density at radius 3 is 2.38 bits per heavy atom. The summed E-state index contributed by atoms with van der Waals surface area (Å²) in [6, 6.07) is 5.75. The van der Waals surface area contributed by atoms with Gasteiger partial charge < -0.3 is 21.1 Å². The first-order valence-electron chi connectivity index (χ1n) is 9.37. The van der Waals surface area contributed by atoms with Crippen LogP contribution in [0.25, 0.3) is 0 Å². The van der Waals surface area contributed by atoms with E-state index in [4.69, 9.17) is 0 Å². The molecule has 6 heteroatoms. The van der Waals surface area contributed by atoms with Gasteiger partial charge >= 0.3 is 6.03 Å². The third kappa shape index (κ3) is 11.1. The van der Waals surface area contributed by atoms with Crippen LogP contribution in [0.2, 0.25) is 0 Å². The van der Waals surface area contributed by atoms with Crippen molar-refractivity contribution < 1.29 is 14.7 Å². The van der Waals surface area contributed by atoms with E-state index in [0.717, 1.165) is 6.42 Å². The molecule has 0 aliphatic rings. The van der Waals surface area contributed by atoms with Crippen molar-refractivity contribution in [3.8, 4) is 5.75 Å². The lowest BCUT2D eigenvalue weighted by atomic mass is 10.1. The highest BCUT2D eigenvalue weighted by Gasteiger charge is 2.04. The van der Waals surface area contributed by atoms with Crippen molar-refractivity contribution in [2.24, 2.45) is 0 Å². The molecule has 4 N–H and O–H groups in total. The predicted molar refractivity (Wildman–Crippen MR) is 105 cm³/mol. The fourth-order valence-electron chi connectivity index (χ4n) is 2.37. The van der Waals surface area contributed by atoms with Crippen LogP contribution in [-0.4, -0.2) is 30.1 Å². The molecule has 0 aliphatic heterocycles. The average Bonchev–Trinajstić information content (AvgIpc) is 2.63. The van der Waals surface area contributed by atoms with Gasteiger partial charge in [-0.3, -0.25) is 4.79 Å². The van der Waals surface area contributed by atoms with Crippen molar-refractivity contribution in [3.05, 3.63) is 36.4 Å². The van der Waals surface area contributed by atoms with Crippen LogP contribution in [0.15, 0.2) is 36.4 Å². The number of hydrogen-bond donors (Lipinski definition) is 4. The second-order valence-electron chi connectivity index (χ2n) is 6.19. The number of urea groups is 1. The number of anilines is 1. The fourth-order valence-corrected chi connectivity index (χ4v) is 2.37. The minimum atomic E-state index is -0.380. The number of benzene rings is 1. The number of phenolic OH excluding ortho intramolecular Hbond substituents is 1. The molecule has 0 atom stereocenters. The Kier molecular flexibility index (Phi) is 11.4. The minimum Gasteiger partial charge on any atom is -0.508 e. The van der Waals surface area contributed by atoms with Gasteiger partial charge in [0.25, 0.3) is 0 Å². The molecule has 0 saturated carbocycles. The van der Waals surface area contributed by atoms with Gasteiger partial charge in [-0.05, 0) is 37.1 Å². The maximum Gasteiger partial charge on any atom is 0.315 e. The van der Waals surface area contributed by atoms with Crippen LogP contribution in [0.5, 0.6) is 5.75 Å². The van der Waals surface area contributed by atoms with Gasteiger partial charge in [0.2, 0.25) is 5.91 Å². The average molecular weight is 361 g/mol. The largest absolute Gasteiger partial charge is 0.508 e. The highest BCUT2D eigenvalue weighted by Crippen LogP contribution is 2.13. The highest BCUT2D eigenvalue weighted by molar-refractivity contribution is 5.94. The number of unbranched alkanes of at least 4 members (excludes halogenated alkanes) is 6. The number of carbonyl (C=O) groups excluding carboxylic acids is 2. The van der Waals surface area contributed by atoms with E-state index in [9.17, 15) is 14.7 Å². The standard InChI is InChI=1S/C20H31N3O3/c1-2-3-4-5-6-7-8-9-10-15-21-20(26)22-16-19(25)23-17-11-13-18(24)14-12-17/h9-14,24H,2-8,15-16H2,1H3,(H,23,25)(H2,21,22,26)/b10-9+. The summed E-state index contributed by atoms with van der Waals surface area (Å²) in [6.45, 7) is 2.55. The number of phenols is 1. The summed E-state index contributed by atoms with van der Waals surface area (Å²) in [4.78, 5) is 23.3. The summed E-state index contributed by atoms with van der Waals surface area (Å²) in [5.41, 5.74) is 0.563. The Hall–Kier alpha value is -2.50. The fraction of sp³-hybridized carbons (Fsp3) is 0.500. The molecule has 1 aromatic rings. The molecule has 0 saturated heterocycles. The summed E-state index contributed by atoms with van der Waals surface area (Å²) in [7, 11) is 0. The van der Waals surface area contributed by atoms with Crippen LogP contribution in [0, 0.1) is 0 Å². The molecular formula is C20H31N3O3. The van der Waals surface area contributed by atoms with E-state index in [1.165, 1.54) is 50.7 Å². The Morgan fingerprint density at radius 1 is 0.962 bits per heavy atom. The first-order chi connectivity index (χ1) is 12.6. The molecule has 0 radical (unpaired) electrons. The summed E-state index contributed by atoms with van der Waals surface area (Å²) < 4.78 is 0. The summed E-state index contributed by atoms with van der Waals surface area (Å²) in [5.74, 6) is -0.200. The summed E-state index contributed by atoms with van der Waals surface area (Å²) >= 11 is 0. The van der Waals surface area contributed by atoms with Crippen LogP contribution in [0.3, 0.4) is 0 Å². The van der Waals surface area contributed by atoms with Gasteiger partial charge in [0.1, 0.15) is 5.75 Å². The number of carbonyl (C=O) groups is 2. The lowest BCUT2D eigenvalue weighted by Crippen LogP contribution is -2.40. The van der Waals surface area contributed by atoms with Crippen molar-refractivity contribution in [1.29, 1.82) is 0 Å². The van der Waals surface area contributed by atoms with Crippen molar-refractivity contribution in [2.45, 2.75) is 51.9 Å². The highest BCUT2D eigenvalue weighted by atomic mass is 16.3. The number of hydrogen-bond acceptors (Lipinski definition) is 3. The van der Waals surface area contributed by atoms with Crippen molar-refractivity contribution in [2.75, 3.05) is 18.4 Å². The van der Waals surface area contributed by atoms with Gasteiger partial charge in [-0.1, -0.05) is 51.2 Å². The van der Waals surface area contributed by atoms with E-state index in [1.54, 1.807) is 12.1 Å². The molecule has 6 nitrogen and oxygen atoms in total. The molecular weight excluding hydrogens is 330 g/mol. The number of aromatic hydroxyl groups is 1. The van der Waals surface area contributed by atoms with E-state index in [2.05, 4.69) is 29.0 Å². The van der Waals surface area contributed by atoms with E-state index in [-0.39, 0.29) is 24.2 Å². The van der Waals surface area contributed by atoms with Gasteiger partial charge in [-0.25, -0.2) is 4.79 Å². The zero-order valence-corrected chi connectivity index (χ0v) is 15.6. The molecule has 0 bridgehead atoms. The van der Waals surface area contributed by atoms with Gasteiger partial charge in [-0.2, -0.15) is 0 Å². The lowest BCUT2D eigenvalue weighted by molar-refractivity contribution is -0.115. The van der Waals surface area contributed by atoms with E-state index >= 15 is 0 Å². The second kappa shape index (κ2) is 13.8. The maximum absolute atomic E-state index is 11.7. The number of allylic oxidation sites excluding steroid dienone is 1. The zero-order chi connectivity index (χ0) is 19.0. The topological polar surface area (TPSA) is 90.5 Å². The SMILES string of the molecule is CCCCCCCC/C=C/CNC(=O)NCC(=O)Nc1ccc(O)cc1. The number of amides is 3. The first-order valence-corrected chi connectivity index (χ1v) is 9.37. The zero-order valence-electron chi connectivity index (χ0n) is 15.6. The maximum atomic E-state index is 11.7. The third-order valence-corrected chi connectivity index (χ3v) is 3.83. The second-order valence-corrected chi connectivity index (χ2v) is 6.19. The number of nitrogens with one attached hydrogen (secondary N) is 3. The van der Waals surface area contributed by atoms with E-state index in [0.29, 0.717) is 12.2 Å². The molecule has 0 fully saturated rings. The predicted octanol–water partition coefficient (Wildman–Crippen LogP) is 3.94. The molecule has 3 amide bonds. The minimum absolute atomic E-state index is 0.117. The molecule has 144 valence electrons. The number of rotatable bonds is 12. The van der Waals surface area contributed by atoms with Crippen LogP contribution in [0.1, 0.15) is 51.9 Å². The molecule has 0 aromatic heterocycles. The van der Waals surface area contributed by atoms with Crippen LogP contribution in [0.4, 0.5) is 10.5 Å². The Labute approximate surface area is 156 Å². The molecule has 0 heterocycles. The van der Waals surface area contributed by atoms with Crippen molar-refractivity contribution in [1.82, 2.24) is 10.6 Å². The van der Waals surface area contributed by atoms with Crippen molar-refractivity contribution >= 4 is 17.6 Å². The molecule has 0 spiro atoms. The van der Waals surface area contributed by atoms with Gasteiger partial charge in [0, 0.05) is 12.2 Å². The Morgan fingerprint density at radius 2 is 1.65 bits per heavy atom. The van der Waals surface area contributed by atoms with Crippen molar-refractivity contribution in [3.63, 3.8) is 0 Å². The third-order valence-electron chi connectivity index (χ3n) is 3.83. The first kappa shape index (κ1) is 21.5. The molecule has 26 heavy (non-hydrogen) atoms.